The molecule has 1 N–H and O–H groups in total. The summed E-state index contributed by atoms with van der Waals surface area (Å²) in [6.07, 6.45) is 0. The Morgan fingerprint density at radius 3 is 2.86 bits per heavy atom. The third-order valence-electron chi connectivity index (χ3n) is 4.05. The second kappa shape index (κ2) is 5.33. The van der Waals surface area contributed by atoms with Crippen molar-refractivity contribution in [2.45, 2.75) is 25.9 Å². The molecule has 21 heavy (non-hydrogen) atoms. The molecule has 0 amide bonds. The number of fused-ring (bicyclic) bond motifs is 1. The summed E-state index contributed by atoms with van der Waals surface area (Å²) >= 11 is 0. The van der Waals surface area contributed by atoms with Crippen LogP contribution in [0.2, 0.25) is 0 Å². The van der Waals surface area contributed by atoms with Gasteiger partial charge in [0.1, 0.15) is 0 Å². The van der Waals surface area contributed by atoms with Crippen molar-refractivity contribution in [2.24, 2.45) is 7.05 Å². The molecule has 0 aliphatic carbocycles. The van der Waals surface area contributed by atoms with E-state index < -0.39 is 11.9 Å². The summed E-state index contributed by atoms with van der Waals surface area (Å²) in [7, 11) is 1.93. The molecular weight excluding hydrogens is 266 g/mol. The summed E-state index contributed by atoms with van der Waals surface area (Å²) in [6, 6.07) is 9.88. The Labute approximate surface area is 123 Å². The van der Waals surface area contributed by atoms with E-state index in [0.717, 1.165) is 35.6 Å². The van der Waals surface area contributed by atoms with Gasteiger partial charge in [0.05, 0.1) is 17.3 Å². The molecule has 1 aliphatic heterocycles. The number of benzene rings is 1. The zero-order valence-electron chi connectivity index (χ0n) is 12.3. The van der Waals surface area contributed by atoms with Gasteiger partial charge >= 0.3 is 5.97 Å². The first-order chi connectivity index (χ1) is 10.0. The van der Waals surface area contributed by atoms with E-state index in [-0.39, 0.29) is 0 Å². The number of nitrogens with zero attached hydrogens (tertiary/aromatic N) is 3. The fraction of sp³-hybridized carbons (Fsp3) is 0.375. The van der Waals surface area contributed by atoms with E-state index in [2.05, 4.69) is 16.1 Å². The lowest BCUT2D eigenvalue weighted by Crippen LogP contribution is -2.36. The first-order valence-corrected chi connectivity index (χ1v) is 7.07. The number of aromatic nitrogens is 2. The van der Waals surface area contributed by atoms with Crippen molar-refractivity contribution in [3.8, 4) is 0 Å². The van der Waals surface area contributed by atoms with E-state index in [9.17, 15) is 9.90 Å². The zero-order valence-corrected chi connectivity index (χ0v) is 12.3. The van der Waals surface area contributed by atoms with Gasteiger partial charge in [-0.25, -0.2) is 0 Å². The van der Waals surface area contributed by atoms with E-state index >= 15 is 0 Å². The number of carboxylic acids is 1. The second-order valence-electron chi connectivity index (χ2n) is 5.66. The highest BCUT2D eigenvalue weighted by molar-refractivity contribution is 5.77. The molecule has 1 aromatic carbocycles. The highest BCUT2D eigenvalue weighted by atomic mass is 16.4. The predicted molar refractivity (Wildman–Crippen MR) is 78.9 cm³/mol. The molecule has 0 bridgehead atoms. The lowest BCUT2D eigenvalue weighted by Gasteiger charge is -2.32. The van der Waals surface area contributed by atoms with Gasteiger partial charge in [-0.1, -0.05) is 24.3 Å². The van der Waals surface area contributed by atoms with Gasteiger partial charge in [0, 0.05) is 26.7 Å². The minimum Gasteiger partial charge on any atom is -0.481 e. The van der Waals surface area contributed by atoms with Crippen LogP contribution in [-0.2, 0) is 24.9 Å². The van der Waals surface area contributed by atoms with Crippen molar-refractivity contribution in [1.82, 2.24) is 14.7 Å². The molecule has 0 saturated carbocycles. The van der Waals surface area contributed by atoms with E-state index in [0.29, 0.717) is 6.54 Å². The molecule has 110 valence electrons. The number of carbonyl (C=O) groups is 1. The van der Waals surface area contributed by atoms with Gasteiger partial charge in [-0.3, -0.25) is 14.4 Å². The fourth-order valence-corrected chi connectivity index (χ4v) is 3.05. The van der Waals surface area contributed by atoms with Gasteiger partial charge in [0.25, 0.3) is 0 Å². The monoisotopic (exact) mass is 285 g/mol. The number of carboxylic acid groups (broad SMARTS) is 1. The number of aliphatic carboxylic acids is 1. The van der Waals surface area contributed by atoms with Gasteiger partial charge in [-0.2, -0.15) is 5.10 Å². The molecule has 0 radical (unpaired) electrons. The smallest absolute Gasteiger partial charge is 0.312 e. The molecule has 0 spiro atoms. The van der Waals surface area contributed by atoms with Crippen molar-refractivity contribution in [3.63, 3.8) is 0 Å². The molecular formula is C16H19N3O2. The first kappa shape index (κ1) is 13.8. The van der Waals surface area contributed by atoms with Gasteiger partial charge in [0.2, 0.25) is 0 Å². The first-order valence-electron chi connectivity index (χ1n) is 7.07. The Kier molecular flexibility index (Phi) is 3.51. The molecule has 2 aromatic rings. The fourth-order valence-electron chi connectivity index (χ4n) is 3.05. The summed E-state index contributed by atoms with van der Waals surface area (Å²) in [5, 5.41) is 13.8. The maximum absolute atomic E-state index is 11.5. The summed E-state index contributed by atoms with van der Waals surface area (Å²) in [4.78, 5) is 13.7. The molecule has 0 saturated heterocycles. The van der Waals surface area contributed by atoms with Crippen molar-refractivity contribution >= 4 is 5.97 Å². The van der Waals surface area contributed by atoms with Crippen LogP contribution in [0.5, 0.6) is 0 Å². The van der Waals surface area contributed by atoms with E-state index in [1.54, 1.807) is 0 Å². The Bertz CT molecular complexity index is 678. The number of rotatable bonds is 3. The predicted octanol–water partition coefficient (Wildman–Crippen LogP) is 1.91. The molecule has 2 heterocycles. The van der Waals surface area contributed by atoms with Crippen LogP contribution in [0.3, 0.4) is 0 Å². The van der Waals surface area contributed by atoms with Crippen LogP contribution in [0.1, 0.15) is 28.4 Å². The number of aryl methyl sites for hydroxylation is 2. The van der Waals surface area contributed by atoms with Gasteiger partial charge in [-0.15, -0.1) is 0 Å². The van der Waals surface area contributed by atoms with Crippen molar-refractivity contribution in [2.75, 3.05) is 6.54 Å². The second-order valence-corrected chi connectivity index (χ2v) is 5.66. The molecule has 3 rings (SSSR count). The van der Waals surface area contributed by atoms with Crippen LogP contribution >= 0.6 is 0 Å². The standard InChI is InChI=1S/C16H19N3O2/c1-11-7-13(18(2)17-11)9-19-8-12-5-3-4-6-14(12)15(10-19)16(20)21/h3-7,15H,8-10H2,1-2H3,(H,20,21). The minimum absolute atomic E-state index is 0.454. The van der Waals surface area contributed by atoms with Crippen LogP contribution in [0.15, 0.2) is 30.3 Å². The van der Waals surface area contributed by atoms with E-state index in [1.165, 1.54) is 0 Å². The Hall–Kier alpha value is -2.14. The van der Waals surface area contributed by atoms with Crippen molar-refractivity contribution < 1.29 is 9.90 Å². The van der Waals surface area contributed by atoms with Crippen molar-refractivity contribution in [3.05, 3.63) is 52.8 Å². The largest absolute Gasteiger partial charge is 0.481 e. The Morgan fingerprint density at radius 2 is 2.19 bits per heavy atom. The van der Waals surface area contributed by atoms with Gasteiger partial charge in [0.15, 0.2) is 0 Å². The Morgan fingerprint density at radius 1 is 1.43 bits per heavy atom. The van der Waals surface area contributed by atoms with Crippen LogP contribution in [-0.4, -0.2) is 32.3 Å². The number of hydrogen-bond acceptors (Lipinski definition) is 3. The highest BCUT2D eigenvalue weighted by Gasteiger charge is 2.30. The highest BCUT2D eigenvalue weighted by Crippen LogP contribution is 2.29. The third-order valence-corrected chi connectivity index (χ3v) is 4.05. The minimum atomic E-state index is -0.756. The third kappa shape index (κ3) is 2.69. The molecule has 1 aliphatic rings. The summed E-state index contributed by atoms with van der Waals surface area (Å²) in [6.45, 7) is 4.01. The number of hydrogen-bond donors (Lipinski definition) is 1. The molecule has 1 atom stereocenters. The lowest BCUT2D eigenvalue weighted by molar-refractivity contribution is -0.139. The average Bonchev–Trinajstić information content (AvgIpc) is 2.76. The normalized spacial score (nSPS) is 18.5. The quantitative estimate of drug-likeness (QED) is 0.936. The molecule has 0 fully saturated rings. The molecule has 1 aromatic heterocycles. The SMILES string of the molecule is Cc1cc(CN2Cc3ccccc3C(C(=O)O)C2)n(C)n1. The Balaban J connectivity index is 1.86. The van der Waals surface area contributed by atoms with Crippen LogP contribution in [0, 0.1) is 6.92 Å². The van der Waals surface area contributed by atoms with Gasteiger partial charge in [-0.05, 0) is 24.1 Å². The summed E-state index contributed by atoms with van der Waals surface area (Å²) < 4.78 is 1.87. The molecule has 5 nitrogen and oxygen atoms in total. The average molecular weight is 285 g/mol. The van der Waals surface area contributed by atoms with Gasteiger partial charge < -0.3 is 5.11 Å². The lowest BCUT2D eigenvalue weighted by atomic mass is 9.90. The van der Waals surface area contributed by atoms with Crippen LogP contribution < -0.4 is 0 Å². The maximum Gasteiger partial charge on any atom is 0.312 e. The molecule has 1 unspecified atom stereocenters. The van der Waals surface area contributed by atoms with Crippen LogP contribution in [0.25, 0.3) is 0 Å². The van der Waals surface area contributed by atoms with Crippen molar-refractivity contribution in [1.29, 1.82) is 0 Å². The topological polar surface area (TPSA) is 58.4 Å². The molecule has 5 heteroatoms. The summed E-state index contributed by atoms with van der Waals surface area (Å²) in [5.41, 5.74) is 4.15. The zero-order chi connectivity index (χ0) is 15.0. The maximum atomic E-state index is 11.5. The van der Waals surface area contributed by atoms with Crippen LogP contribution in [0.4, 0.5) is 0 Å². The van der Waals surface area contributed by atoms with E-state index in [4.69, 9.17) is 0 Å². The summed E-state index contributed by atoms with van der Waals surface area (Å²) in [5.74, 6) is -1.21. The van der Waals surface area contributed by atoms with E-state index in [1.807, 2.05) is 42.9 Å².